The normalized spacial score (nSPS) is 20.4. The molecule has 0 aliphatic carbocycles. The molecule has 1 fully saturated rings. The number of unbranched alkanes of at least 4 members (excludes halogenated alkanes) is 27. The molecule has 0 aromatic carbocycles. The highest BCUT2D eigenvalue weighted by molar-refractivity contribution is 5.76. The highest BCUT2D eigenvalue weighted by atomic mass is 16.7. The summed E-state index contributed by atoms with van der Waals surface area (Å²) < 4.78 is 11.2. The van der Waals surface area contributed by atoms with E-state index < -0.39 is 49.5 Å². The summed E-state index contributed by atoms with van der Waals surface area (Å²) >= 11 is 0. The summed E-state index contributed by atoms with van der Waals surface area (Å²) in [6.45, 7) is 3.75. The van der Waals surface area contributed by atoms with Crippen LogP contribution in [0.25, 0.3) is 0 Å². The average molecular weight is 916 g/mol. The lowest BCUT2D eigenvalue weighted by atomic mass is 9.99. The van der Waals surface area contributed by atoms with Gasteiger partial charge in [-0.25, -0.2) is 0 Å². The van der Waals surface area contributed by atoms with Gasteiger partial charge in [0.05, 0.1) is 25.4 Å². The van der Waals surface area contributed by atoms with E-state index in [1.165, 1.54) is 161 Å². The van der Waals surface area contributed by atoms with Crippen molar-refractivity contribution in [2.45, 2.75) is 275 Å². The molecule has 1 rings (SSSR count). The summed E-state index contributed by atoms with van der Waals surface area (Å²) in [6.07, 6.45) is 54.1. The number of ether oxygens (including phenoxy) is 2. The topological polar surface area (TPSA) is 149 Å². The number of carbonyl (C=O) groups excluding carboxylic acids is 1. The van der Waals surface area contributed by atoms with E-state index in [2.05, 4.69) is 67.8 Å². The predicted molar refractivity (Wildman–Crippen MR) is 272 cm³/mol. The van der Waals surface area contributed by atoms with Crippen molar-refractivity contribution < 1.29 is 39.8 Å². The second-order valence-electron chi connectivity index (χ2n) is 18.6. The lowest BCUT2D eigenvalue weighted by Gasteiger charge is -2.40. The van der Waals surface area contributed by atoms with Crippen LogP contribution in [0, 0.1) is 0 Å². The smallest absolute Gasteiger partial charge is 0.220 e. The number of amides is 1. The summed E-state index contributed by atoms with van der Waals surface area (Å²) in [7, 11) is 0. The number of rotatable bonds is 45. The van der Waals surface area contributed by atoms with E-state index in [1.54, 1.807) is 6.08 Å². The maximum atomic E-state index is 13.0. The SMILES string of the molecule is CCCCCCC/C=C\C/C=C\CCCCCCCCCCCCCC(=O)NC(COC1OC(CO)C(O)C(O)C1O)C(O)/C=C/CC/C=C/CC/C=C/CCCCCCCCCCC. The van der Waals surface area contributed by atoms with Crippen LogP contribution >= 0.6 is 0 Å². The molecule has 378 valence electrons. The number of nitrogens with one attached hydrogen (secondary N) is 1. The summed E-state index contributed by atoms with van der Waals surface area (Å²) in [4.78, 5) is 13.0. The molecule has 7 atom stereocenters. The van der Waals surface area contributed by atoms with Crippen LogP contribution in [0.1, 0.15) is 232 Å². The van der Waals surface area contributed by atoms with E-state index >= 15 is 0 Å². The Bertz CT molecular complexity index is 1200. The minimum atomic E-state index is -1.58. The lowest BCUT2D eigenvalue weighted by Crippen LogP contribution is -2.60. The fraction of sp³-hybridized carbons (Fsp3) is 0.804. The Kier molecular flexibility index (Phi) is 42.8. The van der Waals surface area contributed by atoms with Gasteiger partial charge in [0.2, 0.25) is 5.91 Å². The van der Waals surface area contributed by atoms with Crippen molar-refractivity contribution in [3.63, 3.8) is 0 Å². The molecule has 0 saturated carbocycles. The molecule has 9 nitrogen and oxygen atoms in total. The average Bonchev–Trinajstić information content (AvgIpc) is 3.31. The molecule has 0 spiro atoms. The first-order valence-electron chi connectivity index (χ1n) is 27.0. The molecule has 1 aliphatic rings. The Morgan fingerprint density at radius 2 is 0.923 bits per heavy atom. The number of hydrogen-bond donors (Lipinski definition) is 6. The maximum absolute atomic E-state index is 13.0. The van der Waals surface area contributed by atoms with E-state index in [-0.39, 0.29) is 12.5 Å². The van der Waals surface area contributed by atoms with Gasteiger partial charge < -0.3 is 40.3 Å². The van der Waals surface area contributed by atoms with Crippen molar-refractivity contribution in [2.75, 3.05) is 13.2 Å². The molecule has 7 unspecified atom stereocenters. The van der Waals surface area contributed by atoms with Crippen molar-refractivity contribution in [1.82, 2.24) is 5.32 Å². The molecule has 9 heteroatoms. The summed E-state index contributed by atoms with van der Waals surface area (Å²) in [5.41, 5.74) is 0. The number of hydrogen-bond acceptors (Lipinski definition) is 8. The van der Waals surface area contributed by atoms with Gasteiger partial charge in [0.25, 0.3) is 0 Å². The maximum Gasteiger partial charge on any atom is 0.220 e. The van der Waals surface area contributed by atoms with Crippen molar-refractivity contribution >= 4 is 5.91 Å². The first-order valence-corrected chi connectivity index (χ1v) is 27.0. The number of aliphatic hydroxyl groups excluding tert-OH is 5. The molecular weight excluding hydrogens is 815 g/mol. The zero-order valence-electron chi connectivity index (χ0n) is 41.7. The molecular formula is C56H101NO8. The van der Waals surface area contributed by atoms with Crippen molar-refractivity contribution in [3.05, 3.63) is 60.8 Å². The third-order valence-corrected chi connectivity index (χ3v) is 12.5. The van der Waals surface area contributed by atoms with Gasteiger partial charge in [-0.05, 0) is 77.0 Å². The highest BCUT2D eigenvalue weighted by Crippen LogP contribution is 2.23. The molecule has 0 aromatic rings. The van der Waals surface area contributed by atoms with Gasteiger partial charge in [-0.15, -0.1) is 0 Å². The van der Waals surface area contributed by atoms with Gasteiger partial charge in [0, 0.05) is 6.42 Å². The van der Waals surface area contributed by atoms with Gasteiger partial charge >= 0.3 is 0 Å². The van der Waals surface area contributed by atoms with Crippen molar-refractivity contribution in [2.24, 2.45) is 0 Å². The van der Waals surface area contributed by atoms with E-state index in [0.29, 0.717) is 6.42 Å². The van der Waals surface area contributed by atoms with Gasteiger partial charge in [-0.1, -0.05) is 209 Å². The highest BCUT2D eigenvalue weighted by Gasteiger charge is 2.44. The Labute approximate surface area is 398 Å². The second-order valence-corrected chi connectivity index (χ2v) is 18.6. The zero-order valence-corrected chi connectivity index (χ0v) is 41.7. The molecule has 6 N–H and O–H groups in total. The third kappa shape index (κ3) is 35.7. The molecule has 1 saturated heterocycles. The predicted octanol–water partition coefficient (Wildman–Crippen LogP) is 12.7. The van der Waals surface area contributed by atoms with Crippen LogP contribution in [-0.4, -0.2) is 87.5 Å². The first kappa shape index (κ1) is 60.9. The second kappa shape index (κ2) is 45.7. The fourth-order valence-electron chi connectivity index (χ4n) is 8.22. The minimum absolute atomic E-state index is 0.194. The largest absolute Gasteiger partial charge is 0.394 e. The van der Waals surface area contributed by atoms with E-state index in [1.807, 2.05) is 6.08 Å². The van der Waals surface area contributed by atoms with Gasteiger partial charge in [-0.2, -0.15) is 0 Å². The van der Waals surface area contributed by atoms with Crippen molar-refractivity contribution in [1.29, 1.82) is 0 Å². The van der Waals surface area contributed by atoms with E-state index in [4.69, 9.17) is 9.47 Å². The molecule has 1 aliphatic heterocycles. The van der Waals surface area contributed by atoms with Gasteiger partial charge in [0.1, 0.15) is 24.4 Å². The fourth-order valence-corrected chi connectivity index (χ4v) is 8.22. The number of allylic oxidation sites excluding steroid dienone is 9. The molecule has 0 radical (unpaired) electrons. The van der Waals surface area contributed by atoms with Crippen LogP contribution in [0.15, 0.2) is 60.8 Å². The zero-order chi connectivity index (χ0) is 47.3. The summed E-state index contributed by atoms with van der Waals surface area (Å²) in [5, 5.41) is 54.4. The molecule has 0 aromatic heterocycles. The Morgan fingerprint density at radius 1 is 0.523 bits per heavy atom. The van der Waals surface area contributed by atoms with Crippen LogP contribution in [0.4, 0.5) is 0 Å². The van der Waals surface area contributed by atoms with E-state index in [0.717, 1.165) is 51.4 Å². The molecule has 1 heterocycles. The van der Waals surface area contributed by atoms with Gasteiger partial charge in [-0.3, -0.25) is 4.79 Å². The summed E-state index contributed by atoms with van der Waals surface area (Å²) in [6, 6.07) is -0.831. The van der Waals surface area contributed by atoms with Crippen LogP contribution in [-0.2, 0) is 14.3 Å². The summed E-state index contributed by atoms with van der Waals surface area (Å²) in [5.74, 6) is -0.194. The Balaban J connectivity index is 2.30. The van der Waals surface area contributed by atoms with Crippen molar-refractivity contribution in [3.8, 4) is 0 Å². The van der Waals surface area contributed by atoms with Gasteiger partial charge in [0.15, 0.2) is 6.29 Å². The lowest BCUT2D eigenvalue weighted by molar-refractivity contribution is -0.302. The standard InChI is InChI=1S/C56H101NO8/c1-3-5-7-9-11-13-15-17-19-21-23-24-25-26-28-30-32-34-36-38-40-42-44-46-52(60)57-49(48-64-56-55(63)54(62)53(61)51(47-58)65-56)50(59)45-43-41-39-37-35-33-31-29-27-22-20-18-16-14-12-10-8-6-4-2/h15,17,21,23,27,29,35,37,43,45,49-51,53-56,58-59,61-63H,3-14,16,18-20,22,24-26,28,30-34,36,38-42,44,46-48H2,1-2H3,(H,57,60)/b17-15-,23-21-,29-27+,37-35+,45-43+. The van der Waals surface area contributed by atoms with Crippen LogP contribution < -0.4 is 5.32 Å². The number of carbonyl (C=O) groups is 1. The quantitative estimate of drug-likeness (QED) is 0.0261. The minimum Gasteiger partial charge on any atom is -0.394 e. The molecule has 1 amide bonds. The first-order chi connectivity index (χ1) is 31.8. The molecule has 0 bridgehead atoms. The van der Waals surface area contributed by atoms with Crippen LogP contribution in [0.3, 0.4) is 0 Å². The monoisotopic (exact) mass is 916 g/mol. The third-order valence-electron chi connectivity index (χ3n) is 12.5. The van der Waals surface area contributed by atoms with Crippen LogP contribution in [0.2, 0.25) is 0 Å². The van der Waals surface area contributed by atoms with Crippen LogP contribution in [0.5, 0.6) is 0 Å². The molecule has 65 heavy (non-hydrogen) atoms. The number of aliphatic hydroxyl groups is 5. The Morgan fingerprint density at radius 3 is 1.38 bits per heavy atom. The van der Waals surface area contributed by atoms with E-state index in [9.17, 15) is 30.3 Å². The Hall–Kier alpha value is -2.11.